The van der Waals surface area contributed by atoms with E-state index in [1.807, 2.05) is 12.1 Å². The van der Waals surface area contributed by atoms with E-state index in [-0.39, 0.29) is 12.3 Å². The maximum absolute atomic E-state index is 11.5. The molecule has 0 fully saturated rings. The summed E-state index contributed by atoms with van der Waals surface area (Å²) < 4.78 is 1.70. The van der Waals surface area contributed by atoms with Gasteiger partial charge in [-0.2, -0.15) is 0 Å². The largest absolute Gasteiger partial charge is 0.368 e. The van der Waals surface area contributed by atoms with Crippen LogP contribution in [0.1, 0.15) is 10.5 Å². The van der Waals surface area contributed by atoms with Crippen LogP contribution in [0.5, 0.6) is 0 Å². The lowest BCUT2D eigenvalue weighted by atomic mass is 10.5. The second-order valence-corrected chi connectivity index (χ2v) is 3.28. The normalized spacial score (nSPS) is 10.4. The Balaban J connectivity index is 2.06. The molecule has 2 amide bonds. The number of aromatic nitrogens is 2. The number of imidazole rings is 1. The minimum Gasteiger partial charge on any atom is -0.368 e. The van der Waals surface area contributed by atoms with Crippen LogP contribution in [0, 0.1) is 0 Å². The first-order valence-electron chi connectivity index (χ1n) is 4.81. The smallest absolute Gasteiger partial charge is 0.295 e. The summed E-state index contributed by atoms with van der Waals surface area (Å²) in [5.74, 6) is -1.20. The Morgan fingerprint density at radius 2 is 2.29 bits per heavy atom. The Morgan fingerprint density at radius 1 is 1.47 bits per heavy atom. The molecule has 0 radical (unpaired) electrons. The third-order valence-corrected chi connectivity index (χ3v) is 1.98. The van der Waals surface area contributed by atoms with Crippen LogP contribution in [0.3, 0.4) is 0 Å². The number of hydrogen-bond donors (Lipinski definition) is 2. The van der Waals surface area contributed by atoms with Gasteiger partial charge in [-0.15, -0.1) is 0 Å². The number of carbonyl (C=O) groups excluding carboxylic acids is 2. The molecule has 2 rings (SSSR count). The first-order valence-corrected chi connectivity index (χ1v) is 4.81. The second-order valence-electron chi connectivity index (χ2n) is 3.28. The minimum atomic E-state index is -0.666. The van der Waals surface area contributed by atoms with Gasteiger partial charge in [-0.3, -0.25) is 14.4 Å². The summed E-state index contributed by atoms with van der Waals surface area (Å²) in [5.41, 5.74) is 7.76. The molecular formula is C10H10N4O3. The Hall–Kier alpha value is -2.41. The Kier molecular flexibility index (Phi) is 3.01. The van der Waals surface area contributed by atoms with Crippen LogP contribution in [-0.2, 0) is 9.63 Å². The van der Waals surface area contributed by atoms with E-state index < -0.39 is 11.8 Å². The average molecular weight is 234 g/mol. The molecule has 7 heteroatoms. The van der Waals surface area contributed by atoms with Crippen LogP contribution in [0.15, 0.2) is 30.6 Å². The molecule has 2 aromatic heterocycles. The molecule has 0 saturated heterocycles. The number of rotatable bonds is 4. The fourth-order valence-electron chi connectivity index (χ4n) is 1.27. The summed E-state index contributed by atoms with van der Waals surface area (Å²) in [6, 6.07) is 5.40. The first kappa shape index (κ1) is 11.1. The molecule has 0 saturated carbocycles. The van der Waals surface area contributed by atoms with Gasteiger partial charge in [-0.05, 0) is 12.1 Å². The monoisotopic (exact) mass is 234 g/mol. The number of primary amides is 1. The molecule has 0 aliphatic rings. The second kappa shape index (κ2) is 4.62. The summed E-state index contributed by atoms with van der Waals surface area (Å²) >= 11 is 0. The van der Waals surface area contributed by atoms with E-state index in [9.17, 15) is 9.59 Å². The van der Waals surface area contributed by atoms with Crippen molar-refractivity contribution >= 4 is 17.5 Å². The molecule has 0 aliphatic heterocycles. The van der Waals surface area contributed by atoms with Gasteiger partial charge in [-0.1, -0.05) is 6.07 Å². The topological polar surface area (TPSA) is 98.7 Å². The number of nitrogens with zero attached hydrogens (tertiary/aromatic N) is 2. The molecule has 0 spiro atoms. The van der Waals surface area contributed by atoms with Gasteiger partial charge in [0, 0.05) is 12.4 Å². The number of nitrogens with two attached hydrogens (primary N) is 1. The molecule has 3 N–H and O–H groups in total. The summed E-state index contributed by atoms with van der Waals surface area (Å²) in [7, 11) is 0. The fourth-order valence-corrected chi connectivity index (χ4v) is 1.27. The average Bonchev–Trinajstić information content (AvgIpc) is 2.71. The zero-order valence-corrected chi connectivity index (χ0v) is 8.79. The van der Waals surface area contributed by atoms with E-state index in [1.54, 1.807) is 22.9 Å². The Morgan fingerprint density at radius 3 is 3.00 bits per heavy atom. The van der Waals surface area contributed by atoms with Crippen molar-refractivity contribution in [2.24, 2.45) is 5.73 Å². The molecule has 2 heterocycles. The summed E-state index contributed by atoms with van der Waals surface area (Å²) in [4.78, 5) is 30.6. The van der Waals surface area contributed by atoms with Gasteiger partial charge in [0.1, 0.15) is 11.3 Å². The van der Waals surface area contributed by atoms with Crippen LogP contribution in [0.2, 0.25) is 0 Å². The van der Waals surface area contributed by atoms with E-state index in [4.69, 9.17) is 5.73 Å². The van der Waals surface area contributed by atoms with Gasteiger partial charge in [0.05, 0.1) is 0 Å². The number of amides is 2. The highest BCUT2D eigenvalue weighted by Gasteiger charge is 2.10. The van der Waals surface area contributed by atoms with Crippen molar-refractivity contribution in [1.29, 1.82) is 0 Å². The number of pyridine rings is 1. The molecule has 17 heavy (non-hydrogen) atoms. The zero-order valence-electron chi connectivity index (χ0n) is 8.79. The quantitative estimate of drug-likeness (QED) is 0.695. The predicted octanol–water partition coefficient (Wildman–Crippen LogP) is -0.519. The molecule has 0 unspecified atom stereocenters. The van der Waals surface area contributed by atoms with Crippen LogP contribution in [0.25, 0.3) is 5.65 Å². The lowest BCUT2D eigenvalue weighted by Gasteiger charge is -2.00. The highest BCUT2D eigenvalue weighted by molar-refractivity contribution is 5.92. The van der Waals surface area contributed by atoms with Crippen LogP contribution in [-0.4, -0.2) is 27.8 Å². The minimum absolute atomic E-state index is 0.195. The van der Waals surface area contributed by atoms with E-state index in [2.05, 4.69) is 15.3 Å². The van der Waals surface area contributed by atoms with Gasteiger partial charge < -0.3 is 10.1 Å². The Bertz CT molecular complexity index is 530. The molecule has 88 valence electrons. The molecule has 0 aliphatic carbocycles. The van der Waals surface area contributed by atoms with Gasteiger partial charge in [-0.25, -0.2) is 10.5 Å². The maximum Gasteiger partial charge on any atom is 0.295 e. The van der Waals surface area contributed by atoms with Crippen molar-refractivity contribution < 1.29 is 14.4 Å². The Labute approximate surface area is 96.1 Å². The maximum atomic E-state index is 11.5. The van der Waals surface area contributed by atoms with Gasteiger partial charge >= 0.3 is 0 Å². The molecule has 2 aromatic rings. The van der Waals surface area contributed by atoms with Gasteiger partial charge in [0.15, 0.2) is 6.61 Å². The van der Waals surface area contributed by atoms with Crippen molar-refractivity contribution in [3.63, 3.8) is 0 Å². The van der Waals surface area contributed by atoms with Crippen molar-refractivity contribution in [2.45, 2.75) is 0 Å². The predicted molar refractivity (Wildman–Crippen MR) is 57.8 cm³/mol. The standard InChI is InChI=1S/C10H10N4O3/c11-8(15)6-17-13-10(16)7-5-14-4-2-1-3-9(14)12-7/h1-5H,6H2,(H2,11,15)(H,13,16). The number of nitrogens with one attached hydrogen (secondary N) is 1. The van der Waals surface area contributed by atoms with Crippen molar-refractivity contribution in [1.82, 2.24) is 14.9 Å². The van der Waals surface area contributed by atoms with Crippen LogP contribution < -0.4 is 11.2 Å². The number of fused-ring (bicyclic) bond motifs is 1. The van der Waals surface area contributed by atoms with Crippen molar-refractivity contribution in [3.05, 3.63) is 36.3 Å². The summed E-state index contributed by atoms with van der Waals surface area (Å²) in [6.07, 6.45) is 3.32. The summed E-state index contributed by atoms with van der Waals surface area (Å²) in [6.45, 7) is -0.376. The molecular weight excluding hydrogens is 224 g/mol. The molecule has 0 aromatic carbocycles. The van der Waals surface area contributed by atoms with E-state index in [0.29, 0.717) is 5.65 Å². The SMILES string of the molecule is NC(=O)CONC(=O)c1cn2ccccc2n1. The van der Waals surface area contributed by atoms with Crippen LogP contribution in [0.4, 0.5) is 0 Å². The lowest BCUT2D eigenvalue weighted by molar-refractivity contribution is -0.124. The summed E-state index contributed by atoms with van der Waals surface area (Å²) in [5, 5.41) is 0. The van der Waals surface area contributed by atoms with Crippen molar-refractivity contribution in [3.8, 4) is 0 Å². The zero-order chi connectivity index (χ0) is 12.3. The molecule has 7 nitrogen and oxygen atoms in total. The number of hydrogen-bond acceptors (Lipinski definition) is 4. The first-order chi connectivity index (χ1) is 8.16. The third-order valence-electron chi connectivity index (χ3n) is 1.98. The van der Waals surface area contributed by atoms with Crippen molar-refractivity contribution in [2.75, 3.05) is 6.61 Å². The highest BCUT2D eigenvalue weighted by atomic mass is 16.7. The number of hydroxylamine groups is 1. The van der Waals surface area contributed by atoms with E-state index in [0.717, 1.165) is 0 Å². The van der Waals surface area contributed by atoms with E-state index >= 15 is 0 Å². The van der Waals surface area contributed by atoms with Crippen LogP contribution >= 0.6 is 0 Å². The highest BCUT2D eigenvalue weighted by Crippen LogP contribution is 2.03. The van der Waals surface area contributed by atoms with Gasteiger partial charge in [0.25, 0.3) is 5.91 Å². The molecule has 0 atom stereocenters. The lowest BCUT2D eigenvalue weighted by Crippen LogP contribution is -2.29. The van der Waals surface area contributed by atoms with E-state index in [1.165, 1.54) is 0 Å². The third kappa shape index (κ3) is 2.58. The fraction of sp³-hybridized carbons (Fsp3) is 0.100. The molecule has 0 bridgehead atoms. The van der Waals surface area contributed by atoms with Gasteiger partial charge in [0.2, 0.25) is 5.91 Å². The number of carbonyl (C=O) groups is 2.